The average Bonchev–Trinajstić information content (AvgIpc) is 2.45. The zero-order valence-electron chi connectivity index (χ0n) is 13.4. The second kappa shape index (κ2) is 5.07. The van der Waals surface area contributed by atoms with Crippen molar-refractivity contribution in [2.45, 2.75) is 27.3 Å². The Kier molecular flexibility index (Phi) is 3.36. The van der Waals surface area contributed by atoms with Crippen molar-refractivity contribution in [1.82, 2.24) is 4.90 Å². The Bertz CT molecular complexity index is 674. The molecule has 1 aliphatic rings. The van der Waals surface area contributed by atoms with Gasteiger partial charge in [0.1, 0.15) is 0 Å². The summed E-state index contributed by atoms with van der Waals surface area (Å²) in [7, 11) is 2.21. The molecule has 1 heteroatoms. The van der Waals surface area contributed by atoms with E-state index in [1.165, 1.54) is 28.0 Å². The smallest absolute Gasteiger partial charge is 0.0429 e. The van der Waals surface area contributed by atoms with Gasteiger partial charge in [0.2, 0.25) is 0 Å². The molecule has 1 nitrogen and oxygen atoms in total. The van der Waals surface area contributed by atoms with Gasteiger partial charge in [-0.05, 0) is 16.7 Å². The van der Waals surface area contributed by atoms with Gasteiger partial charge in [-0.2, -0.15) is 0 Å². The average molecular weight is 277 g/mol. The van der Waals surface area contributed by atoms with Crippen LogP contribution < -0.4 is 0 Å². The topological polar surface area (TPSA) is 3.24 Å². The lowest BCUT2D eigenvalue weighted by atomic mass is 9.79. The molecule has 0 aromatic heterocycles. The number of benzene rings is 2. The maximum absolute atomic E-state index is 2.41. The molecule has 0 amide bonds. The van der Waals surface area contributed by atoms with E-state index in [0.717, 1.165) is 6.54 Å². The first-order valence-electron chi connectivity index (χ1n) is 7.58. The number of hydrogen-bond donors (Lipinski definition) is 0. The Morgan fingerprint density at radius 3 is 2.14 bits per heavy atom. The fourth-order valence-electron chi connectivity index (χ4n) is 3.40. The van der Waals surface area contributed by atoms with Gasteiger partial charge in [0, 0.05) is 30.3 Å². The van der Waals surface area contributed by atoms with Crippen LogP contribution >= 0.6 is 0 Å². The van der Waals surface area contributed by atoms with E-state index in [2.05, 4.69) is 87.3 Å². The molecule has 0 radical (unpaired) electrons. The Morgan fingerprint density at radius 1 is 0.857 bits per heavy atom. The third-order valence-corrected chi connectivity index (χ3v) is 4.09. The third-order valence-electron chi connectivity index (χ3n) is 4.09. The number of fused-ring (bicyclic) bond motifs is 1. The molecular weight excluding hydrogens is 254 g/mol. The molecule has 0 N–H and O–H groups in total. The summed E-state index contributed by atoms with van der Waals surface area (Å²) >= 11 is 0. The van der Waals surface area contributed by atoms with Gasteiger partial charge < -0.3 is 4.90 Å². The zero-order chi connectivity index (χ0) is 15.0. The van der Waals surface area contributed by atoms with Crippen LogP contribution in [0.5, 0.6) is 0 Å². The Hall–Kier alpha value is -2.02. The van der Waals surface area contributed by atoms with E-state index >= 15 is 0 Å². The van der Waals surface area contributed by atoms with Crippen LogP contribution in [0.4, 0.5) is 0 Å². The van der Waals surface area contributed by atoms with Crippen LogP contribution in [0.1, 0.15) is 37.5 Å². The van der Waals surface area contributed by atoms with Gasteiger partial charge in [-0.15, -0.1) is 0 Å². The number of hydrogen-bond acceptors (Lipinski definition) is 1. The third kappa shape index (κ3) is 2.49. The molecule has 0 unspecified atom stereocenters. The molecule has 108 valence electrons. The van der Waals surface area contributed by atoms with Gasteiger partial charge in [-0.25, -0.2) is 0 Å². The first-order valence-corrected chi connectivity index (χ1v) is 7.58. The molecule has 0 aliphatic carbocycles. The molecule has 2 aromatic rings. The van der Waals surface area contributed by atoms with Crippen LogP contribution in [-0.2, 0) is 6.54 Å². The highest BCUT2D eigenvalue weighted by Crippen LogP contribution is 2.42. The van der Waals surface area contributed by atoms with Gasteiger partial charge in [0.15, 0.2) is 0 Å². The Morgan fingerprint density at radius 2 is 1.48 bits per heavy atom. The molecule has 0 atom stereocenters. The summed E-state index contributed by atoms with van der Waals surface area (Å²) in [6.45, 7) is 7.89. The second-order valence-corrected chi connectivity index (χ2v) is 6.85. The standard InChI is InChI=1S/C20H23N/c1-20(2,3)19-18(15-10-6-5-7-11-15)17-13-9-8-12-16(17)14-21(19)4/h5-13H,14H2,1-4H3. The summed E-state index contributed by atoms with van der Waals surface area (Å²) in [5, 5.41) is 0. The number of nitrogens with zero attached hydrogens (tertiary/aromatic N) is 1. The van der Waals surface area contributed by atoms with Gasteiger partial charge in [0.05, 0.1) is 0 Å². The zero-order valence-corrected chi connectivity index (χ0v) is 13.4. The fraction of sp³-hybridized carbons (Fsp3) is 0.300. The lowest BCUT2D eigenvalue weighted by Gasteiger charge is -2.39. The first kappa shape index (κ1) is 13.9. The lowest BCUT2D eigenvalue weighted by Crippen LogP contribution is -2.31. The molecule has 0 saturated heterocycles. The van der Waals surface area contributed by atoms with Crippen molar-refractivity contribution < 1.29 is 0 Å². The monoisotopic (exact) mass is 277 g/mol. The molecule has 1 heterocycles. The van der Waals surface area contributed by atoms with Crippen molar-refractivity contribution in [2.24, 2.45) is 5.41 Å². The van der Waals surface area contributed by atoms with Gasteiger partial charge in [-0.1, -0.05) is 75.4 Å². The summed E-state index contributed by atoms with van der Waals surface area (Å²) in [5.41, 5.74) is 7.02. The molecule has 21 heavy (non-hydrogen) atoms. The highest BCUT2D eigenvalue weighted by atomic mass is 15.1. The van der Waals surface area contributed by atoms with Crippen molar-refractivity contribution in [3.05, 3.63) is 77.0 Å². The number of allylic oxidation sites excluding steroid dienone is 1. The highest BCUT2D eigenvalue weighted by molar-refractivity contribution is 5.85. The normalized spacial score (nSPS) is 15.1. The summed E-state index contributed by atoms with van der Waals surface area (Å²) in [4.78, 5) is 2.41. The largest absolute Gasteiger partial charge is 0.373 e. The molecular formula is C20H23N. The molecule has 0 bridgehead atoms. The quantitative estimate of drug-likeness (QED) is 0.714. The summed E-state index contributed by atoms with van der Waals surface area (Å²) in [6.07, 6.45) is 0. The predicted molar refractivity (Wildman–Crippen MR) is 89.8 cm³/mol. The molecule has 2 aromatic carbocycles. The van der Waals surface area contributed by atoms with Crippen LogP contribution in [0.15, 0.2) is 60.3 Å². The van der Waals surface area contributed by atoms with Crippen molar-refractivity contribution in [3.8, 4) is 0 Å². The second-order valence-electron chi connectivity index (χ2n) is 6.85. The van der Waals surface area contributed by atoms with E-state index in [-0.39, 0.29) is 5.41 Å². The minimum absolute atomic E-state index is 0.119. The van der Waals surface area contributed by atoms with Gasteiger partial charge in [0.25, 0.3) is 0 Å². The molecule has 0 spiro atoms. The van der Waals surface area contributed by atoms with E-state index in [1.807, 2.05) is 0 Å². The Labute approximate surface area is 127 Å². The van der Waals surface area contributed by atoms with E-state index in [1.54, 1.807) is 0 Å². The highest BCUT2D eigenvalue weighted by Gasteiger charge is 2.30. The minimum Gasteiger partial charge on any atom is -0.373 e. The summed E-state index contributed by atoms with van der Waals surface area (Å²) in [5.74, 6) is 0. The van der Waals surface area contributed by atoms with Crippen LogP contribution in [-0.4, -0.2) is 11.9 Å². The molecule has 0 fully saturated rings. The molecule has 0 saturated carbocycles. The van der Waals surface area contributed by atoms with Crippen molar-refractivity contribution in [2.75, 3.05) is 7.05 Å². The van der Waals surface area contributed by atoms with Crippen LogP contribution in [0, 0.1) is 5.41 Å². The van der Waals surface area contributed by atoms with Crippen molar-refractivity contribution in [1.29, 1.82) is 0 Å². The predicted octanol–water partition coefficient (Wildman–Crippen LogP) is 4.94. The summed E-state index contributed by atoms with van der Waals surface area (Å²) < 4.78 is 0. The van der Waals surface area contributed by atoms with Gasteiger partial charge >= 0.3 is 0 Å². The van der Waals surface area contributed by atoms with E-state index in [9.17, 15) is 0 Å². The molecule has 3 rings (SSSR count). The molecule has 1 aliphatic heterocycles. The first-order chi connectivity index (χ1) is 9.98. The summed E-state index contributed by atoms with van der Waals surface area (Å²) in [6, 6.07) is 19.6. The van der Waals surface area contributed by atoms with Crippen molar-refractivity contribution >= 4 is 5.57 Å². The van der Waals surface area contributed by atoms with E-state index in [4.69, 9.17) is 0 Å². The Balaban J connectivity index is 2.33. The van der Waals surface area contributed by atoms with E-state index in [0.29, 0.717) is 0 Å². The fourth-order valence-corrected chi connectivity index (χ4v) is 3.40. The maximum Gasteiger partial charge on any atom is 0.0429 e. The minimum atomic E-state index is 0.119. The SMILES string of the molecule is CN1Cc2ccccc2C(c2ccccc2)=C1C(C)(C)C. The van der Waals surface area contributed by atoms with E-state index < -0.39 is 0 Å². The number of rotatable bonds is 1. The van der Waals surface area contributed by atoms with Crippen LogP contribution in [0.3, 0.4) is 0 Å². The van der Waals surface area contributed by atoms with Crippen LogP contribution in [0.2, 0.25) is 0 Å². The van der Waals surface area contributed by atoms with Crippen LogP contribution in [0.25, 0.3) is 5.57 Å². The lowest BCUT2D eigenvalue weighted by molar-refractivity contribution is 0.302. The van der Waals surface area contributed by atoms with Gasteiger partial charge in [-0.3, -0.25) is 0 Å². The maximum atomic E-state index is 2.41. The van der Waals surface area contributed by atoms with Crippen molar-refractivity contribution in [3.63, 3.8) is 0 Å².